The minimum Gasteiger partial charge on any atom is -0.381 e. The van der Waals surface area contributed by atoms with Crippen LogP contribution < -0.4 is 5.32 Å². The van der Waals surface area contributed by atoms with Gasteiger partial charge in [-0.15, -0.1) is 0 Å². The fourth-order valence-corrected chi connectivity index (χ4v) is 2.22. The number of unbranched alkanes of at least 4 members (excludes halogenated alkanes) is 1. The molecular weight excluding hydrogens is 212 g/mol. The highest BCUT2D eigenvalue weighted by molar-refractivity contribution is 4.71. The van der Waals surface area contributed by atoms with E-state index in [2.05, 4.69) is 24.2 Å². The van der Waals surface area contributed by atoms with Crippen molar-refractivity contribution < 1.29 is 4.74 Å². The lowest BCUT2D eigenvalue weighted by Gasteiger charge is -2.29. The van der Waals surface area contributed by atoms with Crippen LogP contribution in [-0.4, -0.2) is 51.3 Å². The Hall–Kier alpha value is -0.120. The monoisotopic (exact) mass is 242 g/mol. The van der Waals surface area contributed by atoms with Crippen LogP contribution in [0.1, 0.15) is 39.0 Å². The van der Waals surface area contributed by atoms with Crippen LogP contribution in [0.25, 0.3) is 0 Å². The minimum atomic E-state index is 0.896. The molecule has 0 saturated carbocycles. The molecule has 0 aromatic rings. The molecule has 1 rings (SSSR count). The van der Waals surface area contributed by atoms with Gasteiger partial charge in [0.15, 0.2) is 0 Å². The van der Waals surface area contributed by atoms with Gasteiger partial charge in [-0.05, 0) is 64.8 Å². The molecule has 0 spiro atoms. The third-order valence-electron chi connectivity index (χ3n) is 3.56. The van der Waals surface area contributed by atoms with Crippen LogP contribution in [0.2, 0.25) is 0 Å². The molecular formula is C14H30N2O. The second kappa shape index (κ2) is 9.86. The number of nitrogens with zero attached hydrogens (tertiary/aromatic N) is 1. The second-order valence-electron chi connectivity index (χ2n) is 5.27. The molecule has 1 N–H and O–H groups in total. The predicted octanol–water partition coefficient (Wildman–Crippen LogP) is 2.12. The maximum atomic E-state index is 5.53. The molecule has 1 aliphatic rings. The number of hydrogen-bond donors (Lipinski definition) is 1. The van der Waals surface area contributed by atoms with Crippen molar-refractivity contribution in [3.8, 4) is 0 Å². The normalized spacial score (nSPS) is 18.7. The third kappa shape index (κ3) is 7.74. The summed E-state index contributed by atoms with van der Waals surface area (Å²) in [6.45, 7) is 8.90. The van der Waals surface area contributed by atoms with Gasteiger partial charge in [-0.3, -0.25) is 0 Å². The summed E-state index contributed by atoms with van der Waals surface area (Å²) in [6.07, 6.45) is 6.29. The highest BCUT2D eigenvalue weighted by Crippen LogP contribution is 2.14. The van der Waals surface area contributed by atoms with E-state index in [0.717, 1.165) is 32.1 Å². The van der Waals surface area contributed by atoms with Gasteiger partial charge < -0.3 is 15.0 Å². The molecule has 0 bridgehead atoms. The van der Waals surface area contributed by atoms with E-state index in [1.165, 1.54) is 45.3 Å². The highest BCUT2D eigenvalue weighted by atomic mass is 16.5. The maximum Gasteiger partial charge on any atom is 0.0478 e. The molecule has 0 aliphatic carbocycles. The topological polar surface area (TPSA) is 24.5 Å². The number of rotatable bonds is 9. The Kier molecular flexibility index (Phi) is 8.67. The van der Waals surface area contributed by atoms with Gasteiger partial charge in [0.2, 0.25) is 0 Å². The molecule has 17 heavy (non-hydrogen) atoms. The summed E-state index contributed by atoms with van der Waals surface area (Å²) in [7, 11) is 2.22. The van der Waals surface area contributed by atoms with Crippen LogP contribution in [0.5, 0.6) is 0 Å². The van der Waals surface area contributed by atoms with Crippen molar-refractivity contribution in [1.29, 1.82) is 0 Å². The lowest BCUT2D eigenvalue weighted by molar-refractivity contribution is 0.128. The number of likely N-dealkylation sites (tertiary alicyclic amines) is 1. The molecule has 102 valence electrons. The van der Waals surface area contributed by atoms with Crippen LogP contribution in [0, 0.1) is 5.92 Å². The largest absolute Gasteiger partial charge is 0.381 e. The van der Waals surface area contributed by atoms with E-state index < -0.39 is 0 Å². The summed E-state index contributed by atoms with van der Waals surface area (Å²) < 4.78 is 5.53. The first-order chi connectivity index (χ1) is 8.33. The van der Waals surface area contributed by atoms with Gasteiger partial charge in [-0.1, -0.05) is 13.3 Å². The van der Waals surface area contributed by atoms with Crippen LogP contribution in [0.3, 0.4) is 0 Å². The number of nitrogens with one attached hydrogen (secondary N) is 1. The molecule has 0 radical (unpaired) electrons. The fraction of sp³-hybridized carbons (Fsp3) is 1.00. The molecule has 0 unspecified atom stereocenters. The van der Waals surface area contributed by atoms with Crippen LogP contribution >= 0.6 is 0 Å². The zero-order valence-electron chi connectivity index (χ0n) is 11.7. The van der Waals surface area contributed by atoms with Crippen molar-refractivity contribution in [2.45, 2.75) is 39.0 Å². The van der Waals surface area contributed by atoms with E-state index in [1.807, 2.05) is 0 Å². The third-order valence-corrected chi connectivity index (χ3v) is 3.56. The van der Waals surface area contributed by atoms with Gasteiger partial charge in [-0.25, -0.2) is 0 Å². The van der Waals surface area contributed by atoms with E-state index in [9.17, 15) is 0 Å². The average Bonchev–Trinajstić information content (AvgIpc) is 2.35. The first kappa shape index (κ1) is 14.9. The predicted molar refractivity (Wildman–Crippen MR) is 73.4 cm³/mol. The van der Waals surface area contributed by atoms with Gasteiger partial charge in [0, 0.05) is 13.2 Å². The quantitative estimate of drug-likeness (QED) is 0.627. The standard InChI is InChI=1S/C14H30N2O/c1-3-4-11-17-12-5-8-15-13-14-6-9-16(2)10-7-14/h14-15H,3-13H2,1-2H3. The van der Waals surface area contributed by atoms with Crippen molar-refractivity contribution in [2.24, 2.45) is 5.92 Å². The summed E-state index contributed by atoms with van der Waals surface area (Å²) in [6, 6.07) is 0. The Morgan fingerprint density at radius 1 is 1.18 bits per heavy atom. The number of piperidine rings is 1. The molecule has 1 heterocycles. The Labute approximate surface area is 107 Å². The zero-order valence-corrected chi connectivity index (χ0v) is 11.7. The molecule has 3 heteroatoms. The molecule has 0 aromatic heterocycles. The Morgan fingerprint density at radius 3 is 2.59 bits per heavy atom. The van der Waals surface area contributed by atoms with Crippen molar-refractivity contribution in [1.82, 2.24) is 10.2 Å². The smallest absolute Gasteiger partial charge is 0.0478 e. The maximum absolute atomic E-state index is 5.53. The lowest BCUT2D eigenvalue weighted by atomic mass is 9.97. The first-order valence-electron chi connectivity index (χ1n) is 7.30. The average molecular weight is 242 g/mol. The Morgan fingerprint density at radius 2 is 1.88 bits per heavy atom. The van der Waals surface area contributed by atoms with Gasteiger partial charge in [0.25, 0.3) is 0 Å². The fourth-order valence-electron chi connectivity index (χ4n) is 2.22. The van der Waals surface area contributed by atoms with E-state index in [4.69, 9.17) is 4.74 Å². The lowest BCUT2D eigenvalue weighted by Crippen LogP contribution is -2.35. The van der Waals surface area contributed by atoms with E-state index in [-0.39, 0.29) is 0 Å². The Bertz CT molecular complexity index is 168. The van der Waals surface area contributed by atoms with Gasteiger partial charge >= 0.3 is 0 Å². The zero-order chi connectivity index (χ0) is 12.3. The molecule has 1 aliphatic heterocycles. The summed E-state index contributed by atoms with van der Waals surface area (Å²) in [4.78, 5) is 2.43. The van der Waals surface area contributed by atoms with Crippen molar-refractivity contribution >= 4 is 0 Å². The molecule has 0 aromatic carbocycles. The highest BCUT2D eigenvalue weighted by Gasteiger charge is 2.15. The molecule has 1 saturated heterocycles. The van der Waals surface area contributed by atoms with Crippen molar-refractivity contribution in [3.63, 3.8) is 0 Å². The first-order valence-corrected chi connectivity index (χ1v) is 7.30. The summed E-state index contributed by atoms with van der Waals surface area (Å²) in [5.41, 5.74) is 0. The molecule has 0 amide bonds. The second-order valence-corrected chi connectivity index (χ2v) is 5.27. The van der Waals surface area contributed by atoms with Gasteiger partial charge in [0.05, 0.1) is 0 Å². The summed E-state index contributed by atoms with van der Waals surface area (Å²) in [5.74, 6) is 0.896. The van der Waals surface area contributed by atoms with E-state index in [1.54, 1.807) is 0 Å². The van der Waals surface area contributed by atoms with E-state index >= 15 is 0 Å². The number of ether oxygens (including phenoxy) is 1. The molecule has 1 fully saturated rings. The van der Waals surface area contributed by atoms with Crippen molar-refractivity contribution in [2.75, 3.05) is 46.4 Å². The van der Waals surface area contributed by atoms with E-state index in [0.29, 0.717) is 0 Å². The van der Waals surface area contributed by atoms with Crippen molar-refractivity contribution in [3.05, 3.63) is 0 Å². The van der Waals surface area contributed by atoms with Gasteiger partial charge in [0.1, 0.15) is 0 Å². The summed E-state index contributed by atoms with van der Waals surface area (Å²) >= 11 is 0. The van der Waals surface area contributed by atoms with Gasteiger partial charge in [-0.2, -0.15) is 0 Å². The number of hydrogen-bond acceptors (Lipinski definition) is 3. The summed E-state index contributed by atoms with van der Waals surface area (Å²) in [5, 5.41) is 3.56. The van der Waals surface area contributed by atoms with Crippen LogP contribution in [0.4, 0.5) is 0 Å². The molecule has 3 nitrogen and oxygen atoms in total. The van der Waals surface area contributed by atoms with Crippen LogP contribution in [0.15, 0.2) is 0 Å². The Balaban J connectivity index is 1.81. The van der Waals surface area contributed by atoms with Crippen LogP contribution in [-0.2, 0) is 4.74 Å². The minimum absolute atomic E-state index is 0.896. The molecule has 0 atom stereocenters. The SMILES string of the molecule is CCCCOCCCNCC1CCN(C)CC1.